The van der Waals surface area contributed by atoms with Crippen LogP contribution in [0.3, 0.4) is 0 Å². The highest BCUT2D eigenvalue weighted by atomic mass is 16.5. The monoisotopic (exact) mass is 225 g/mol. The van der Waals surface area contributed by atoms with Gasteiger partial charge in [0.25, 0.3) is 0 Å². The molecule has 0 bridgehead atoms. The van der Waals surface area contributed by atoms with Gasteiger partial charge in [0.1, 0.15) is 0 Å². The van der Waals surface area contributed by atoms with Crippen LogP contribution in [-0.4, -0.2) is 20.9 Å². The van der Waals surface area contributed by atoms with Crippen LogP contribution in [0, 0.1) is 0 Å². The second kappa shape index (κ2) is 4.56. The zero-order chi connectivity index (χ0) is 12.3. The topological polar surface area (TPSA) is 105 Å². The minimum atomic E-state index is -0.874. The van der Waals surface area contributed by atoms with E-state index in [9.17, 15) is 14.4 Å². The lowest BCUT2D eigenvalue weighted by atomic mass is 10.2. The molecule has 0 radical (unpaired) electrons. The van der Waals surface area contributed by atoms with Crippen molar-refractivity contribution in [1.29, 1.82) is 0 Å². The molecule has 0 aliphatic carbocycles. The molecule has 0 aliphatic heterocycles. The minimum absolute atomic E-state index is 0.392. The second-order valence-electron chi connectivity index (χ2n) is 3.32. The molecule has 7 heteroatoms. The van der Waals surface area contributed by atoms with Crippen molar-refractivity contribution in [3.05, 3.63) is 32.1 Å². The number of carbonyl (C=O) groups excluding carboxylic acids is 1. The molecule has 0 amide bonds. The van der Waals surface area contributed by atoms with Crippen molar-refractivity contribution in [2.75, 3.05) is 0 Å². The van der Waals surface area contributed by atoms with E-state index in [1.54, 1.807) is 20.8 Å². The third-order valence-corrected chi connectivity index (χ3v) is 1.89. The van der Waals surface area contributed by atoms with Gasteiger partial charge in [-0.3, -0.25) is 9.97 Å². The Morgan fingerprint density at radius 3 is 2.31 bits per heavy atom. The van der Waals surface area contributed by atoms with E-state index in [-0.39, 0.29) is 0 Å². The number of nitrogens with one attached hydrogen (secondary N) is 2. The normalized spacial score (nSPS) is 9.69. The van der Waals surface area contributed by atoms with Crippen molar-refractivity contribution in [3.63, 3.8) is 0 Å². The number of aromatic nitrogens is 3. The molecule has 0 unspecified atom stereocenters. The first-order valence-corrected chi connectivity index (χ1v) is 4.47. The van der Waals surface area contributed by atoms with Crippen molar-refractivity contribution in [1.82, 2.24) is 15.0 Å². The summed E-state index contributed by atoms with van der Waals surface area (Å²) in [6, 6.07) is -0.417. The Bertz CT molecular complexity index is 520. The molecule has 86 valence electrons. The summed E-state index contributed by atoms with van der Waals surface area (Å²) in [4.78, 5) is 40.3. The average molecular weight is 225 g/mol. The van der Waals surface area contributed by atoms with Gasteiger partial charge >= 0.3 is 23.4 Å². The number of allylic oxidation sites excluding steroid dienone is 1. The van der Waals surface area contributed by atoms with Crippen molar-refractivity contribution >= 4 is 5.97 Å². The Kier molecular flexibility index (Phi) is 3.39. The number of esters is 1. The fourth-order valence-corrected chi connectivity index (χ4v) is 0.790. The SMILES string of the molecule is CC(C)=C(C)C(=O)Oc1nc(=O)[nH]c(=O)[nH]1. The number of aromatic amines is 2. The van der Waals surface area contributed by atoms with Crippen LogP contribution in [0.15, 0.2) is 20.7 Å². The Morgan fingerprint density at radius 1 is 1.19 bits per heavy atom. The van der Waals surface area contributed by atoms with Gasteiger partial charge in [-0.2, -0.15) is 0 Å². The zero-order valence-corrected chi connectivity index (χ0v) is 9.08. The maximum Gasteiger partial charge on any atom is 0.353 e. The van der Waals surface area contributed by atoms with E-state index >= 15 is 0 Å². The van der Waals surface area contributed by atoms with Crippen LogP contribution in [0.1, 0.15) is 20.8 Å². The van der Waals surface area contributed by atoms with Crippen LogP contribution in [0.2, 0.25) is 0 Å². The van der Waals surface area contributed by atoms with Gasteiger partial charge in [-0.15, -0.1) is 4.98 Å². The van der Waals surface area contributed by atoms with E-state index < -0.39 is 23.4 Å². The standard InChI is InChI=1S/C9H11N3O4/c1-4(2)5(3)6(13)16-9-11-7(14)10-8(15)12-9/h1-3H3,(H2,10,11,12,14,15). The van der Waals surface area contributed by atoms with Crippen molar-refractivity contribution in [2.24, 2.45) is 0 Å². The molecule has 0 atom stereocenters. The lowest BCUT2D eigenvalue weighted by Crippen LogP contribution is -2.26. The summed E-state index contributed by atoms with van der Waals surface area (Å²) in [5, 5.41) is 0. The van der Waals surface area contributed by atoms with Crippen LogP contribution in [0.5, 0.6) is 6.01 Å². The molecule has 0 aromatic carbocycles. The highest BCUT2D eigenvalue weighted by Gasteiger charge is 2.10. The van der Waals surface area contributed by atoms with E-state index in [1.165, 1.54) is 0 Å². The maximum absolute atomic E-state index is 11.4. The van der Waals surface area contributed by atoms with E-state index in [1.807, 2.05) is 4.98 Å². The Balaban J connectivity index is 2.98. The van der Waals surface area contributed by atoms with E-state index in [2.05, 4.69) is 9.97 Å². The van der Waals surface area contributed by atoms with Crippen molar-refractivity contribution < 1.29 is 9.53 Å². The number of hydrogen-bond acceptors (Lipinski definition) is 5. The van der Waals surface area contributed by atoms with Gasteiger partial charge in [0.2, 0.25) is 0 Å². The van der Waals surface area contributed by atoms with Gasteiger partial charge in [-0.25, -0.2) is 14.4 Å². The first-order chi connectivity index (χ1) is 7.40. The fraction of sp³-hybridized carbons (Fsp3) is 0.333. The van der Waals surface area contributed by atoms with Crippen molar-refractivity contribution in [2.45, 2.75) is 20.8 Å². The Labute approximate surface area is 90.2 Å². The molecule has 0 aliphatic rings. The van der Waals surface area contributed by atoms with Crippen LogP contribution in [0.4, 0.5) is 0 Å². The van der Waals surface area contributed by atoms with Crippen LogP contribution in [0.25, 0.3) is 0 Å². The predicted octanol–water partition coefficient (Wildman–Crippen LogP) is -0.280. The summed E-state index contributed by atoms with van der Waals surface area (Å²) in [5.41, 5.74) is -0.487. The number of rotatable bonds is 2. The summed E-state index contributed by atoms with van der Waals surface area (Å²) < 4.78 is 4.72. The number of H-pyrrole nitrogens is 2. The number of ether oxygens (including phenoxy) is 1. The zero-order valence-electron chi connectivity index (χ0n) is 9.08. The summed E-state index contributed by atoms with van der Waals surface area (Å²) in [7, 11) is 0. The first kappa shape index (κ1) is 11.9. The molecule has 16 heavy (non-hydrogen) atoms. The molecule has 1 rings (SSSR count). The summed E-state index contributed by atoms with van der Waals surface area (Å²) in [6.07, 6.45) is 0. The lowest BCUT2D eigenvalue weighted by molar-refractivity contribution is -0.130. The molecule has 2 N–H and O–H groups in total. The Morgan fingerprint density at radius 2 is 1.81 bits per heavy atom. The maximum atomic E-state index is 11.4. The van der Waals surface area contributed by atoms with Crippen molar-refractivity contribution in [3.8, 4) is 6.01 Å². The predicted molar refractivity (Wildman–Crippen MR) is 55.2 cm³/mol. The second-order valence-corrected chi connectivity index (χ2v) is 3.32. The summed E-state index contributed by atoms with van der Waals surface area (Å²) in [5.74, 6) is -0.659. The van der Waals surface area contributed by atoms with E-state index in [0.717, 1.165) is 5.57 Å². The minimum Gasteiger partial charge on any atom is -0.389 e. The third-order valence-electron chi connectivity index (χ3n) is 1.89. The number of hydrogen-bond donors (Lipinski definition) is 2. The van der Waals surface area contributed by atoms with Crippen LogP contribution >= 0.6 is 0 Å². The summed E-state index contributed by atoms with van der Waals surface area (Å²) >= 11 is 0. The molecular weight excluding hydrogens is 214 g/mol. The molecule has 0 spiro atoms. The first-order valence-electron chi connectivity index (χ1n) is 4.47. The number of carbonyl (C=O) groups is 1. The quantitative estimate of drug-likeness (QED) is 0.532. The molecule has 0 saturated heterocycles. The highest BCUT2D eigenvalue weighted by molar-refractivity contribution is 5.89. The molecule has 0 fully saturated rings. The van der Waals surface area contributed by atoms with Gasteiger partial charge in [0.05, 0.1) is 0 Å². The third kappa shape index (κ3) is 2.91. The molecule has 7 nitrogen and oxygen atoms in total. The van der Waals surface area contributed by atoms with Gasteiger partial charge < -0.3 is 4.74 Å². The van der Waals surface area contributed by atoms with E-state index in [4.69, 9.17) is 4.74 Å². The van der Waals surface area contributed by atoms with Gasteiger partial charge in [-0.05, 0) is 20.8 Å². The molecule has 1 aromatic rings. The lowest BCUT2D eigenvalue weighted by Gasteiger charge is -2.03. The van der Waals surface area contributed by atoms with Gasteiger partial charge in [-0.1, -0.05) is 5.57 Å². The van der Waals surface area contributed by atoms with Gasteiger partial charge in [0.15, 0.2) is 0 Å². The number of nitrogens with zero attached hydrogens (tertiary/aromatic N) is 1. The smallest absolute Gasteiger partial charge is 0.353 e. The fourth-order valence-electron chi connectivity index (χ4n) is 0.790. The highest BCUT2D eigenvalue weighted by Crippen LogP contribution is 2.05. The molecule has 1 heterocycles. The van der Waals surface area contributed by atoms with E-state index in [0.29, 0.717) is 5.57 Å². The summed E-state index contributed by atoms with van der Waals surface area (Å²) in [6.45, 7) is 5.05. The molecule has 1 aromatic heterocycles. The van der Waals surface area contributed by atoms with Crippen LogP contribution < -0.4 is 16.1 Å². The van der Waals surface area contributed by atoms with Gasteiger partial charge in [0, 0.05) is 5.57 Å². The average Bonchev–Trinajstić information content (AvgIpc) is 2.14. The van der Waals surface area contributed by atoms with Crippen LogP contribution in [-0.2, 0) is 4.79 Å². The largest absolute Gasteiger partial charge is 0.389 e. The Hall–Kier alpha value is -2.18. The molecular formula is C9H11N3O4. The molecule has 0 saturated carbocycles.